The maximum absolute atomic E-state index is 6.23. The van der Waals surface area contributed by atoms with E-state index < -0.39 is 0 Å². The van der Waals surface area contributed by atoms with Crippen molar-refractivity contribution < 1.29 is 0 Å². The van der Waals surface area contributed by atoms with Crippen molar-refractivity contribution in [2.45, 2.75) is 26.2 Å². The van der Waals surface area contributed by atoms with Crippen molar-refractivity contribution in [3.63, 3.8) is 0 Å². The zero-order valence-electron chi connectivity index (χ0n) is 9.83. The Kier molecular flexibility index (Phi) is 4.65. The molecule has 0 aliphatic carbocycles. The Morgan fingerprint density at radius 1 is 1.28 bits per heavy atom. The summed E-state index contributed by atoms with van der Waals surface area (Å²) in [5.74, 6) is 0. The van der Waals surface area contributed by atoms with E-state index in [9.17, 15) is 0 Å². The van der Waals surface area contributed by atoms with Gasteiger partial charge in [0.1, 0.15) is 5.69 Å². The van der Waals surface area contributed by atoms with Crippen LogP contribution in [0.2, 0.25) is 10.0 Å². The van der Waals surface area contributed by atoms with E-state index in [1.807, 2.05) is 0 Å². The highest BCUT2D eigenvalue weighted by molar-refractivity contribution is 9.10. The van der Waals surface area contributed by atoms with Crippen LogP contribution in [0.3, 0.4) is 0 Å². The molecule has 0 atom stereocenters. The molecule has 0 aliphatic heterocycles. The van der Waals surface area contributed by atoms with Gasteiger partial charge < -0.3 is 0 Å². The number of hydrogen-bond donors (Lipinski definition) is 0. The van der Waals surface area contributed by atoms with Gasteiger partial charge >= 0.3 is 0 Å². The van der Waals surface area contributed by atoms with Gasteiger partial charge in [-0.2, -0.15) is 0 Å². The predicted octanol–water partition coefficient (Wildman–Crippen LogP) is 4.68. The van der Waals surface area contributed by atoms with Gasteiger partial charge in [-0.05, 0) is 25.0 Å². The second-order valence-corrected chi connectivity index (χ2v) is 5.69. The van der Waals surface area contributed by atoms with Crippen molar-refractivity contribution in [1.29, 1.82) is 0 Å². The van der Waals surface area contributed by atoms with Crippen LogP contribution in [0.1, 0.15) is 25.5 Å². The van der Waals surface area contributed by atoms with Crippen LogP contribution in [-0.4, -0.2) is 15.0 Å². The Balaban J connectivity index is 2.46. The number of nitrogens with zero attached hydrogens (tertiary/aromatic N) is 3. The Labute approximate surface area is 124 Å². The molecule has 0 spiro atoms. The molecule has 3 nitrogen and oxygen atoms in total. The molecule has 2 aromatic rings. The molecule has 1 heterocycles. The highest BCUT2D eigenvalue weighted by Crippen LogP contribution is 2.32. The summed E-state index contributed by atoms with van der Waals surface area (Å²) in [5.41, 5.74) is 1.70. The largest absolute Gasteiger partial charge is 0.215 e. The monoisotopic (exact) mass is 347 g/mol. The number of unbranched alkanes of at least 4 members (excludes halogenated alkanes) is 1. The maximum atomic E-state index is 6.23. The lowest BCUT2D eigenvalue weighted by molar-refractivity contribution is 0.715. The van der Waals surface area contributed by atoms with Crippen molar-refractivity contribution in [3.05, 3.63) is 38.5 Å². The van der Waals surface area contributed by atoms with Crippen molar-refractivity contribution in [3.8, 4) is 5.69 Å². The third-order valence-corrected chi connectivity index (χ3v) is 3.63. The Bertz CT molecular complexity index is 531. The lowest BCUT2D eigenvalue weighted by atomic mass is 10.2. The van der Waals surface area contributed by atoms with Gasteiger partial charge in [-0.3, -0.25) is 0 Å². The number of benzene rings is 1. The highest BCUT2D eigenvalue weighted by Gasteiger charge is 2.14. The first-order valence-corrected chi connectivity index (χ1v) is 7.23. The molecule has 1 aromatic heterocycles. The number of hydrogen-bond acceptors (Lipinski definition) is 2. The minimum atomic E-state index is 0.553. The first-order chi connectivity index (χ1) is 8.63. The fourth-order valence-corrected chi connectivity index (χ4v) is 3.08. The standard InChI is InChI=1S/C12H12BrCl2N3/c1-2-3-4-9-7-16-17-18(9)12-10(14)5-8(13)6-11(12)15/h5-7H,2-4H2,1H3. The lowest BCUT2D eigenvalue weighted by Gasteiger charge is -2.10. The minimum Gasteiger partial charge on any atom is -0.215 e. The summed E-state index contributed by atoms with van der Waals surface area (Å²) < 4.78 is 2.56. The van der Waals surface area contributed by atoms with E-state index in [1.165, 1.54) is 0 Å². The number of rotatable bonds is 4. The topological polar surface area (TPSA) is 30.7 Å². The van der Waals surface area contributed by atoms with Crippen LogP contribution in [-0.2, 0) is 6.42 Å². The van der Waals surface area contributed by atoms with Crippen molar-refractivity contribution >= 4 is 39.1 Å². The van der Waals surface area contributed by atoms with Crippen LogP contribution < -0.4 is 0 Å². The molecule has 0 amide bonds. The van der Waals surface area contributed by atoms with Gasteiger partial charge in [0.05, 0.1) is 21.9 Å². The summed E-state index contributed by atoms with van der Waals surface area (Å²) in [7, 11) is 0. The molecule has 0 N–H and O–H groups in total. The first kappa shape index (κ1) is 13.8. The predicted molar refractivity (Wildman–Crippen MR) is 77.7 cm³/mol. The van der Waals surface area contributed by atoms with Gasteiger partial charge in [-0.25, -0.2) is 4.68 Å². The van der Waals surface area contributed by atoms with Gasteiger partial charge in [0, 0.05) is 4.47 Å². The number of aryl methyl sites for hydroxylation is 1. The maximum Gasteiger partial charge on any atom is 0.104 e. The van der Waals surface area contributed by atoms with E-state index in [4.69, 9.17) is 23.2 Å². The molecule has 0 bridgehead atoms. The summed E-state index contributed by atoms with van der Waals surface area (Å²) in [6.07, 6.45) is 4.86. The Morgan fingerprint density at radius 2 is 1.94 bits per heavy atom. The molecule has 0 radical (unpaired) electrons. The molecule has 1 aromatic carbocycles. The third-order valence-electron chi connectivity index (χ3n) is 2.60. The van der Waals surface area contributed by atoms with Crippen molar-refractivity contribution in [2.75, 3.05) is 0 Å². The molecule has 2 rings (SSSR count). The molecule has 0 aliphatic rings. The number of aromatic nitrogens is 3. The average Bonchev–Trinajstić information content (AvgIpc) is 2.73. The molecule has 0 unspecified atom stereocenters. The minimum absolute atomic E-state index is 0.553. The molecular weight excluding hydrogens is 337 g/mol. The van der Waals surface area contributed by atoms with E-state index in [1.54, 1.807) is 23.0 Å². The number of halogens is 3. The molecule has 0 saturated heterocycles. The van der Waals surface area contributed by atoms with E-state index in [2.05, 4.69) is 33.2 Å². The zero-order chi connectivity index (χ0) is 13.1. The lowest BCUT2D eigenvalue weighted by Crippen LogP contribution is -2.04. The Morgan fingerprint density at radius 3 is 2.56 bits per heavy atom. The van der Waals surface area contributed by atoms with Crippen LogP contribution in [0.25, 0.3) is 5.69 Å². The van der Waals surface area contributed by atoms with Crippen molar-refractivity contribution in [1.82, 2.24) is 15.0 Å². The molecule has 6 heteroatoms. The molecular formula is C12H12BrCl2N3. The normalized spacial score (nSPS) is 10.9. The van der Waals surface area contributed by atoms with Crippen LogP contribution in [0, 0.1) is 0 Å². The van der Waals surface area contributed by atoms with E-state index in [-0.39, 0.29) is 0 Å². The van der Waals surface area contributed by atoms with E-state index >= 15 is 0 Å². The van der Waals surface area contributed by atoms with Gasteiger partial charge in [0.25, 0.3) is 0 Å². The summed E-state index contributed by atoms with van der Waals surface area (Å²) in [4.78, 5) is 0. The fourth-order valence-electron chi connectivity index (χ4n) is 1.71. The van der Waals surface area contributed by atoms with Crippen LogP contribution >= 0.6 is 39.1 Å². The van der Waals surface area contributed by atoms with E-state index in [0.717, 1.165) is 29.4 Å². The van der Waals surface area contributed by atoms with Gasteiger partial charge in [0.2, 0.25) is 0 Å². The Hall–Kier alpha value is -0.580. The SMILES string of the molecule is CCCCc1cnnn1-c1c(Cl)cc(Br)cc1Cl. The summed E-state index contributed by atoms with van der Waals surface area (Å²) in [5, 5.41) is 9.12. The second-order valence-electron chi connectivity index (χ2n) is 3.96. The molecule has 0 fully saturated rings. The van der Waals surface area contributed by atoms with Gasteiger partial charge in [-0.1, -0.05) is 57.7 Å². The van der Waals surface area contributed by atoms with Gasteiger partial charge in [-0.15, -0.1) is 5.10 Å². The fraction of sp³-hybridized carbons (Fsp3) is 0.333. The second kappa shape index (κ2) is 6.04. The van der Waals surface area contributed by atoms with Gasteiger partial charge in [0.15, 0.2) is 0 Å². The quantitative estimate of drug-likeness (QED) is 0.803. The third kappa shape index (κ3) is 2.87. The smallest absolute Gasteiger partial charge is 0.104 e. The summed E-state index contributed by atoms with van der Waals surface area (Å²) >= 11 is 15.8. The zero-order valence-corrected chi connectivity index (χ0v) is 12.9. The summed E-state index contributed by atoms with van der Waals surface area (Å²) in [6.45, 7) is 2.15. The van der Waals surface area contributed by atoms with E-state index in [0.29, 0.717) is 15.7 Å². The molecule has 18 heavy (non-hydrogen) atoms. The highest BCUT2D eigenvalue weighted by atomic mass is 79.9. The average molecular weight is 349 g/mol. The molecule has 96 valence electrons. The molecule has 0 saturated carbocycles. The first-order valence-electron chi connectivity index (χ1n) is 5.68. The van der Waals surface area contributed by atoms with Crippen LogP contribution in [0.15, 0.2) is 22.8 Å². The van der Waals surface area contributed by atoms with Crippen molar-refractivity contribution in [2.24, 2.45) is 0 Å². The van der Waals surface area contributed by atoms with Crippen LogP contribution in [0.5, 0.6) is 0 Å². The summed E-state index contributed by atoms with van der Waals surface area (Å²) in [6, 6.07) is 3.60. The van der Waals surface area contributed by atoms with Crippen LogP contribution in [0.4, 0.5) is 0 Å².